The maximum atomic E-state index is 11.9. The Balaban J connectivity index is 4.42. The zero-order valence-corrected chi connectivity index (χ0v) is 10.0. The van der Waals surface area contributed by atoms with Gasteiger partial charge in [0, 0.05) is 0 Å². The summed E-state index contributed by atoms with van der Waals surface area (Å²) in [6, 6.07) is -1.17. The van der Waals surface area contributed by atoms with Crippen molar-refractivity contribution >= 4 is 35.1 Å². The Labute approximate surface area is 100 Å². The summed E-state index contributed by atoms with van der Waals surface area (Å²) in [6.07, 6.45) is -3.10. The number of carbonyl (C=O) groups is 2. The molecule has 16 heavy (non-hydrogen) atoms. The van der Waals surface area contributed by atoms with Gasteiger partial charge in [0.25, 0.3) is 0 Å². The average Bonchev–Trinajstić information content (AvgIpc) is 2.21. The summed E-state index contributed by atoms with van der Waals surface area (Å²) in [5, 5.41) is 1.63. The number of alkyl halides is 4. The van der Waals surface area contributed by atoms with Crippen LogP contribution in [-0.4, -0.2) is 41.8 Å². The van der Waals surface area contributed by atoms with E-state index in [0.29, 0.717) is 5.75 Å². The zero-order valence-electron chi connectivity index (χ0n) is 8.44. The van der Waals surface area contributed by atoms with Crippen LogP contribution in [0.15, 0.2) is 0 Å². The van der Waals surface area contributed by atoms with E-state index in [2.05, 4.69) is 0 Å². The Kier molecular flexibility index (Phi) is 6.82. The number of rotatable bonds is 6. The van der Waals surface area contributed by atoms with Gasteiger partial charge >= 0.3 is 12.1 Å². The highest BCUT2D eigenvalue weighted by Gasteiger charge is 2.40. The third-order valence-corrected chi connectivity index (χ3v) is 2.60. The van der Waals surface area contributed by atoms with E-state index in [9.17, 15) is 22.8 Å². The lowest BCUT2D eigenvalue weighted by molar-refractivity contribution is -0.174. The first-order valence-electron chi connectivity index (χ1n) is 4.28. The summed E-state index contributed by atoms with van der Waals surface area (Å²) in [4.78, 5) is 21.8. The fourth-order valence-corrected chi connectivity index (χ4v) is 1.54. The summed E-state index contributed by atoms with van der Waals surface area (Å²) in [7, 11) is 0. The van der Waals surface area contributed by atoms with Gasteiger partial charge in [-0.25, -0.2) is 0 Å². The van der Waals surface area contributed by atoms with Gasteiger partial charge in [0.05, 0.1) is 11.9 Å². The maximum absolute atomic E-state index is 11.9. The van der Waals surface area contributed by atoms with E-state index in [1.54, 1.807) is 11.6 Å². The number of amides is 1. The Morgan fingerprint density at radius 3 is 2.38 bits per heavy atom. The number of halogens is 4. The molecule has 0 aromatic carbocycles. The van der Waals surface area contributed by atoms with Gasteiger partial charge in [0.15, 0.2) is 5.78 Å². The molecule has 0 aliphatic rings. The lowest BCUT2D eigenvalue weighted by Crippen LogP contribution is -2.47. The second-order valence-electron chi connectivity index (χ2n) is 2.91. The van der Waals surface area contributed by atoms with Crippen molar-refractivity contribution in [2.45, 2.75) is 18.6 Å². The molecule has 0 saturated heterocycles. The summed E-state index contributed by atoms with van der Waals surface area (Å²) < 4.78 is 35.8. The van der Waals surface area contributed by atoms with Crippen LogP contribution in [0.5, 0.6) is 0 Å². The van der Waals surface area contributed by atoms with Crippen LogP contribution in [0.1, 0.15) is 6.42 Å². The second kappa shape index (κ2) is 7.01. The Hall–Kier alpha value is -0.430. The van der Waals surface area contributed by atoms with Crippen molar-refractivity contribution < 1.29 is 22.8 Å². The molecular weight excluding hydrogens is 267 g/mol. The molecule has 0 bridgehead atoms. The largest absolute Gasteiger partial charge is 0.471 e. The zero-order chi connectivity index (χ0) is 12.8. The van der Waals surface area contributed by atoms with Gasteiger partial charge < -0.3 is 5.32 Å². The molecule has 0 fully saturated rings. The highest BCUT2D eigenvalue weighted by atomic mass is 35.5. The Bertz CT molecular complexity index is 260. The molecule has 0 aromatic heterocycles. The van der Waals surface area contributed by atoms with E-state index in [1.807, 2.05) is 0 Å². The number of carbonyl (C=O) groups excluding carboxylic acids is 2. The number of ketones is 1. The van der Waals surface area contributed by atoms with E-state index < -0.39 is 29.8 Å². The predicted molar refractivity (Wildman–Crippen MR) is 56.7 cm³/mol. The molecule has 3 nitrogen and oxygen atoms in total. The monoisotopic (exact) mass is 277 g/mol. The van der Waals surface area contributed by atoms with Gasteiger partial charge in [-0.1, -0.05) is 0 Å². The quantitative estimate of drug-likeness (QED) is 0.750. The molecule has 1 unspecified atom stereocenters. The molecule has 0 aromatic rings. The third-order valence-electron chi connectivity index (χ3n) is 1.69. The SMILES string of the molecule is CSCCC(NC(=O)C(F)(F)F)C(=O)CCl. The number of hydrogen-bond donors (Lipinski definition) is 1. The molecule has 0 saturated carbocycles. The van der Waals surface area contributed by atoms with E-state index in [1.165, 1.54) is 11.8 Å². The van der Waals surface area contributed by atoms with E-state index in [-0.39, 0.29) is 6.42 Å². The minimum Gasteiger partial charge on any atom is -0.338 e. The standard InChI is InChI=1S/C8H11ClF3NO2S/c1-16-3-2-5(6(14)4-9)13-7(15)8(10,11)12/h5H,2-4H2,1H3,(H,13,15). The summed E-state index contributed by atoms with van der Waals surface area (Å²) in [6.45, 7) is 0. The molecule has 0 aliphatic carbocycles. The molecule has 0 heterocycles. The van der Waals surface area contributed by atoms with Crippen molar-refractivity contribution in [3.63, 3.8) is 0 Å². The number of Topliss-reactive ketones (excluding diaryl/α,β-unsaturated/α-hetero) is 1. The van der Waals surface area contributed by atoms with Crippen molar-refractivity contribution in [2.75, 3.05) is 17.9 Å². The van der Waals surface area contributed by atoms with E-state index in [4.69, 9.17) is 11.6 Å². The van der Waals surface area contributed by atoms with Crippen molar-refractivity contribution in [1.82, 2.24) is 5.32 Å². The molecule has 0 radical (unpaired) electrons. The lowest BCUT2D eigenvalue weighted by Gasteiger charge is -2.17. The van der Waals surface area contributed by atoms with Crippen LogP contribution < -0.4 is 5.32 Å². The van der Waals surface area contributed by atoms with E-state index >= 15 is 0 Å². The van der Waals surface area contributed by atoms with Gasteiger partial charge in [-0.05, 0) is 18.4 Å². The van der Waals surface area contributed by atoms with Crippen molar-refractivity contribution in [3.05, 3.63) is 0 Å². The van der Waals surface area contributed by atoms with Gasteiger partial charge in [-0.3, -0.25) is 9.59 Å². The first-order valence-corrected chi connectivity index (χ1v) is 6.21. The number of thioether (sulfide) groups is 1. The van der Waals surface area contributed by atoms with Gasteiger partial charge in [-0.2, -0.15) is 24.9 Å². The molecule has 0 spiro atoms. The molecule has 1 N–H and O–H groups in total. The van der Waals surface area contributed by atoms with Crippen LogP contribution >= 0.6 is 23.4 Å². The maximum Gasteiger partial charge on any atom is 0.471 e. The predicted octanol–water partition coefficient (Wildman–Crippen LogP) is 1.59. The normalized spacial score (nSPS) is 13.3. The Morgan fingerprint density at radius 2 is 2.00 bits per heavy atom. The average molecular weight is 278 g/mol. The third kappa shape index (κ3) is 5.60. The number of hydrogen-bond acceptors (Lipinski definition) is 3. The smallest absolute Gasteiger partial charge is 0.338 e. The van der Waals surface area contributed by atoms with Crippen LogP contribution in [0.4, 0.5) is 13.2 Å². The molecule has 8 heteroatoms. The minimum atomic E-state index is -4.98. The minimum absolute atomic E-state index is 0.133. The molecule has 0 aliphatic heterocycles. The first kappa shape index (κ1) is 15.6. The van der Waals surface area contributed by atoms with Crippen molar-refractivity contribution in [3.8, 4) is 0 Å². The topological polar surface area (TPSA) is 46.2 Å². The van der Waals surface area contributed by atoms with Crippen molar-refractivity contribution in [2.24, 2.45) is 0 Å². The number of nitrogens with one attached hydrogen (secondary N) is 1. The first-order chi connectivity index (χ1) is 7.32. The van der Waals surface area contributed by atoms with Crippen LogP contribution in [0, 0.1) is 0 Å². The van der Waals surface area contributed by atoms with Gasteiger partial charge in [0.2, 0.25) is 0 Å². The highest BCUT2D eigenvalue weighted by molar-refractivity contribution is 7.98. The van der Waals surface area contributed by atoms with Crippen LogP contribution in [0.3, 0.4) is 0 Å². The molecule has 0 rings (SSSR count). The van der Waals surface area contributed by atoms with E-state index in [0.717, 1.165) is 0 Å². The molecule has 1 amide bonds. The molecule has 1 atom stereocenters. The van der Waals surface area contributed by atoms with Crippen molar-refractivity contribution in [1.29, 1.82) is 0 Å². The van der Waals surface area contributed by atoms with Gasteiger partial charge in [-0.15, -0.1) is 11.6 Å². The van der Waals surface area contributed by atoms with Crippen LogP contribution in [0.25, 0.3) is 0 Å². The fourth-order valence-electron chi connectivity index (χ4n) is 0.883. The summed E-state index contributed by atoms with van der Waals surface area (Å²) >= 11 is 6.60. The van der Waals surface area contributed by atoms with Gasteiger partial charge in [0.1, 0.15) is 0 Å². The summed E-state index contributed by atoms with van der Waals surface area (Å²) in [5.74, 6) is -2.69. The van der Waals surface area contributed by atoms with Crippen LogP contribution in [0.2, 0.25) is 0 Å². The fraction of sp³-hybridized carbons (Fsp3) is 0.750. The molecule has 94 valence electrons. The Morgan fingerprint density at radius 1 is 1.44 bits per heavy atom. The lowest BCUT2D eigenvalue weighted by atomic mass is 10.1. The molecular formula is C8H11ClF3NO2S. The summed E-state index contributed by atoms with van der Waals surface area (Å²) in [5.41, 5.74) is 0. The second-order valence-corrected chi connectivity index (χ2v) is 4.16. The van der Waals surface area contributed by atoms with Crippen LogP contribution in [-0.2, 0) is 9.59 Å². The highest BCUT2D eigenvalue weighted by Crippen LogP contribution is 2.15.